The van der Waals surface area contributed by atoms with Crippen LogP contribution in [0.4, 0.5) is 0 Å². The fourth-order valence-electron chi connectivity index (χ4n) is 3.11. The lowest BCUT2D eigenvalue weighted by atomic mass is 9.67. The van der Waals surface area contributed by atoms with Crippen LogP contribution < -0.4 is 0 Å². The van der Waals surface area contributed by atoms with Crippen molar-refractivity contribution in [2.24, 2.45) is 17.8 Å². The third-order valence-corrected chi connectivity index (χ3v) is 4.22. The van der Waals surface area contributed by atoms with Crippen molar-refractivity contribution in [3.05, 3.63) is 0 Å². The van der Waals surface area contributed by atoms with Gasteiger partial charge in [-0.2, -0.15) is 0 Å². The average molecular weight is 182 g/mol. The summed E-state index contributed by atoms with van der Waals surface area (Å²) < 4.78 is 0. The number of hydrogen-bond donors (Lipinski definition) is 1. The molecule has 2 saturated carbocycles. The Hall–Kier alpha value is -0.0400. The molecule has 1 nitrogen and oxygen atoms in total. The zero-order valence-corrected chi connectivity index (χ0v) is 8.54. The SMILES string of the molecule is OCC(C1CCCCC1)C1CCC1. The van der Waals surface area contributed by atoms with Crippen LogP contribution in [0.1, 0.15) is 51.4 Å². The van der Waals surface area contributed by atoms with Gasteiger partial charge in [-0.25, -0.2) is 0 Å². The molecule has 2 rings (SSSR count). The van der Waals surface area contributed by atoms with E-state index in [2.05, 4.69) is 0 Å². The van der Waals surface area contributed by atoms with Crippen LogP contribution in [0.15, 0.2) is 0 Å². The molecule has 0 aromatic rings. The second kappa shape index (κ2) is 4.45. The summed E-state index contributed by atoms with van der Waals surface area (Å²) in [5.41, 5.74) is 0. The van der Waals surface area contributed by atoms with Crippen molar-refractivity contribution >= 4 is 0 Å². The predicted molar refractivity (Wildman–Crippen MR) is 54.5 cm³/mol. The molecular weight excluding hydrogens is 160 g/mol. The first-order chi connectivity index (χ1) is 6.42. The molecular formula is C12H22O. The Morgan fingerprint density at radius 1 is 0.846 bits per heavy atom. The Labute approximate surface area is 81.5 Å². The summed E-state index contributed by atoms with van der Waals surface area (Å²) >= 11 is 0. The summed E-state index contributed by atoms with van der Waals surface area (Å²) in [5.74, 6) is 2.41. The van der Waals surface area contributed by atoms with E-state index in [1.165, 1.54) is 51.4 Å². The lowest BCUT2D eigenvalue weighted by Gasteiger charge is -2.39. The minimum absolute atomic E-state index is 0.454. The van der Waals surface area contributed by atoms with Gasteiger partial charge >= 0.3 is 0 Å². The van der Waals surface area contributed by atoms with Crippen LogP contribution in [0.2, 0.25) is 0 Å². The second-order valence-electron chi connectivity index (χ2n) is 4.94. The Morgan fingerprint density at radius 3 is 1.77 bits per heavy atom. The molecule has 0 aromatic carbocycles. The molecule has 0 amide bonds. The molecule has 0 spiro atoms. The zero-order chi connectivity index (χ0) is 9.10. The van der Waals surface area contributed by atoms with E-state index in [4.69, 9.17) is 0 Å². The maximum absolute atomic E-state index is 9.41. The number of aliphatic hydroxyl groups excluding tert-OH is 1. The van der Waals surface area contributed by atoms with Gasteiger partial charge in [-0.05, 0) is 17.8 Å². The Bertz CT molecular complexity index is 145. The maximum atomic E-state index is 9.41. The van der Waals surface area contributed by atoms with Crippen LogP contribution in [-0.2, 0) is 0 Å². The van der Waals surface area contributed by atoms with E-state index in [1.807, 2.05) is 0 Å². The Morgan fingerprint density at radius 2 is 1.38 bits per heavy atom. The van der Waals surface area contributed by atoms with Crippen molar-refractivity contribution in [3.8, 4) is 0 Å². The third-order valence-electron chi connectivity index (χ3n) is 4.22. The lowest BCUT2D eigenvalue weighted by molar-refractivity contribution is 0.0597. The molecule has 0 saturated heterocycles. The largest absolute Gasteiger partial charge is 0.396 e. The first-order valence-corrected chi connectivity index (χ1v) is 6.02. The van der Waals surface area contributed by atoms with E-state index in [0.29, 0.717) is 12.5 Å². The van der Waals surface area contributed by atoms with Crippen molar-refractivity contribution in [2.45, 2.75) is 51.4 Å². The minimum atomic E-state index is 0.454. The summed E-state index contributed by atoms with van der Waals surface area (Å²) in [7, 11) is 0. The van der Waals surface area contributed by atoms with Crippen LogP contribution in [0, 0.1) is 17.8 Å². The highest BCUT2D eigenvalue weighted by Crippen LogP contribution is 2.41. The smallest absolute Gasteiger partial charge is 0.0464 e. The van der Waals surface area contributed by atoms with Gasteiger partial charge in [0, 0.05) is 6.61 Å². The summed E-state index contributed by atoms with van der Waals surface area (Å²) in [6, 6.07) is 0. The summed E-state index contributed by atoms with van der Waals surface area (Å²) in [6.45, 7) is 0.454. The highest BCUT2D eigenvalue weighted by molar-refractivity contribution is 4.83. The molecule has 76 valence electrons. The van der Waals surface area contributed by atoms with Crippen molar-refractivity contribution < 1.29 is 5.11 Å². The van der Waals surface area contributed by atoms with Crippen molar-refractivity contribution in [1.82, 2.24) is 0 Å². The molecule has 0 radical (unpaired) electrons. The second-order valence-corrected chi connectivity index (χ2v) is 4.94. The Balaban J connectivity index is 1.86. The van der Waals surface area contributed by atoms with E-state index in [1.54, 1.807) is 0 Å². The van der Waals surface area contributed by atoms with E-state index < -0.39 is 0 Å². The van der Waals surface area contributed by atoms with Crippen molar-refractivity contribution in [3.63, 3.8) is 0 Å². The van der Waals surface area contributed by atoms with Gasteiger partial charge in [-0.1, -0.05) is 51.4 Å². The normalized spacial score (nSPS) is 28.4. The average Bonchev–Trinajstić information content (AvgIpc) is 2.12. The summed E-state index contributed by atoms with van der Waals surface area (Å²) in [5, 5.41) is 9.41. The predicted octanol–water partition coefficient (Wildman–Crippen LogP) is 2.98. The standard InChI is InChI=1S/C12H22O/c13-9-12(11-7-4-8-11)10-5-2-1-3-6-10/h10-13H,1-9H2. The molecule has 0 heterocycles. The number of hydrogen-bond acceptors (Lipinski definition) is 1. The van der Waals surface area contributed by atoms with Crippen LogP contribution in [0.25, 0.3) is 0 Å². The highest BCUT2D eigenvalue weighted by atomic mass is 16.3. The zero-order valence-electron chi connectivity index (χ0n) is 8.54. The van der Waals surface area contributed by atoms with Gasteiger partial charge < -0.3 is 5.11 Å². The molecule has 0 aromatic heterocycles. The van der Waals surface area contributed by atoms with Gasteiger partial charge in [0.15, 0.2) is 0 Å². The maximum Gasteiger partial charge on any atom is 0.0464 e. The molecule has 0 bridgehead atoms. The molecule has 2 fully saturated rings. The van der Waals surface area contributed by atoms with Gasteiger partial charge in [-0.15, -0.1) is 0 Å². The van der Waals surface area contributed by atoms with Gasteiger partial charge in [-0.3, -0.25) is 0 Å². The highest BCUT2D eigenvalue weighted by Gasteiger charge is 2.32. The lowest BCUT2D eigenvalue weighted by Crippen LogP contribution is -2.32. The molecule has 2 aliphatic carbocycles. The van der Waals surface area contributed by atoms with Gasteiger partial charge in [0.05, 0.1) is 0 Å². The first kappa shape index (κ1) is 9.51. The first-order valence-electron chi connectivity index (χ1n) is 6.02. The van der Waals surface area contributed by atoms with Crippen LogP contribution in [0.5, 0.6) is 0 Å². The molecule has 0 aliphatic heterocycles. The number of rotatable bonds is 3. The number of aliphatic hydroxyl groups is 1. The monoisotopic (exact) mass is 182 g/mol. The molecule has 1 unspecified atom stereocenters. The fourth-order valence-corrected chi connectivity index (χ4v) is 3.11. The molecule has 2 aliphatic rings. The van der Waals surface area contributed by atoms with Gasteiger partial charge in [0.2, 0.25) is 0 Å². The third kappa shape index (κ3) is 2.07. The van der Waals surface area contributed by atoms with E-state index >= 15 is 0 Å². The van der Waals surface area contributed by atoms with Crippen molar-refractivity contribution in [1.29, 1.82) is 0 Å². The molecule has 1 N–H and O–H groups in total. The van der Waals surface area contributed by atoms with Crippen LogP contribution >= 0.6 is 0 Å². The van der Waals surface area contributed by atoms with E-state index in [9.17, 15) is 5.11 Å². The fraction of sp³-hybridized carbons (Fsp3) is 1.00. The van der Waals surface area contributed by atoms with E-state index in [0.717, 1.165) is 11.8 Å². The topological polar surface area (TPSA) is 20.2 Å². The molecule has 1 atom stereocenters. The molecule has 1 heteroatoms. The summed E-state index contributed by atoms with van der Waals surface area (Å²) in [6.07, 6.45) is 11.2. The van der Waals surface area contributed by atoms with Crippen LogP contribution in [0.3, 0.4) is 0 Å². The van der Waals surface area contributed by atoms with Gasteiger partial charge in [0.1, 0.15) is 0 Å². The van der Waals surface area contributed by atoms with Crippen LogP contribution in [-0.4, -0.2) is 11.7 Å². The Kier molecular flexibility index (Phi) is 3.26. The minimum Gasteiger partial charge on any atom is -0.396 e. The molecule has 13 heavy (non-hydrogen) atoms. The quantitative estimate of drug-likeness (QED) is 0.711. The van der Waals surface area contributed by atoms with E-state index in [-0.39, 0.29) is 0 Å². The van der Waals surface area contributed by atoms with Gasteiger partial charge in [0.25, 0.3) is 0 Å². The van der Waals surface area contributed by atoms with Crippen molar-refractivity contribution in [2.75, 3.05) is 6.61 Å². The summed E-state index contributed by atoms with van der Waals surface area (Å²) in [4.78, 5) is 0.